The van der Waals surface area contributed by atoms with Crippen molar-refractivity contribution in [3.05, 3.63) is 59.7 Å². The molecule has 7 nitrogen and oxygen atoms in total. The van der Waals surface area contributed by atoms with E-state index in [4.69, 9.17) is 4.74 Å². The van der Waals surface area contributed by atoms with E-state index in [1.54, 1.807) is 7.05 Å². The Labute approximate surface area is 165 Å². The van der Waals surface area contributed by atoms with Crippen molar-refractivity contribution in [2.45, 2.75) is 11.4 Å². The van der Waals surface area contributed by atoms with Gasteiger partial charge in [0, 0.05) is 32.4 Å². The summed E-state index contributed by atoms with van der Waals surface area (Å²) in [5.41, 5.74) is 2.31. The van der Waals surface area contributed by atoms with E-state index in [2.05, 4.69) is 9.64 Å². The molecule has 2 aromatic rings. The third-order valence-corrected chi connectivity index (χ3v) is 6.52. The van der Waals surface area contributed by atoms with Gasteiger partial charge in [-0.15, -0.1) is 0 Å². The molecule has 1 fully saturated rings. The number of hydrogen-bond donors (Lipinski definition) is 0. The molecule has 0 aromatic heterocycles. The summed E-state index contributed by atoms with van der Waals surface area (Å²) in [5.74, 6) is -0.502. The molecule has 150 valence electrons. The maximum atomic E-state index is 12.8. The summed E-state index contributed by atoms with van der Waals surface area (Å²) in [4.78, 5) is 13.9. The number of carbonyl (C=O) groups excluding carboxylic acids is 1. The van der Waals surface area contributed by atoms with Crippen LogP contribution in [0.3, 0.4) is 0 Å². The maximum Gasteiger partial charge on any atom is 0.337 e. The smallest absolute Gasteiger partial charge is 0.337 e. The molecule has 1 aliphatic rings. The molecular weight excluding hydrogens is 380 g/mol. The summed E-state index contributed by atoms with van der Waals surface area (Å²) in [6, 6.07) is 13.6. The molecule has 0 radical (unpaired) electrons. The number of sulfonamides is 1. The Bertz CT molecular complexity index is 905. The maximum absolute atomic E-state index is 12.8. The quantitative estimate of drug-likeness (QED) is 0.687. The molecule has 1 heterocycles. The number of anilines is 1. The molecule has 0 atom stereocenters. The van der Waals surface area contributed by atoms with Crippen LogP contribution in [-0.4, -0.2) is 59.2 Å². The normalized spacial score (nSPS) is 14.9. The molecule has 0 bridgehead atoms. The van der Waals surface area contributed by atoms with Crippen molar-refractivity contribution < 1.29 is 22.7 Å². The molecule has 1 saturated heterocycles. The molecule has 0 spiro atoms. The van der Waals surface area contributed by atoms with Gasteiger partial charge in [0.15, 0.2) is 0 Å². The molecule has 0 saturated carbocycles. The number of ether oxygens (including phenoxy) is 2. The second kappa shape index (κ2) is 8.72. The van der Waals surface area contributed by atoms with Gasteiger partial charge >= 0.3 is 5.97 Å². The van der Waals surface area contributed by atoms with Crippen LogP contribution >= 0.6 is 0 Å². The number of esters is 1. The summed E-state index contributed by atoms with van der Waals surface area (Å²) in [5, 5.41) is 0. The Balaban J connectivity index is 1.68. The summed E-state index contributed by atoms with van der Waals surface area (Å²) in [6.07, 6.45) is 0. The lowest BCUT2D eigenvalue weighted by Gasteiger charge is -2.29. The van der Waals surface area contributed by atoms with Crippen molar-refractivity contribution >= 4 is 21.7 Å². The number of morpholine rings is 1. The highest BCUT2D eigenvalue weighted by molar-refractivity contribution is 7.89. The van der Waals surface area contributed by atoms with Crippen LogP contribution in [0.5, 0.6) is 0 Å². The molecule has 8 heteroatoms. The predicted octanol–water partition coefficient (Wildman–Crippen LogP) is 2.13. The fourth-order valence-corrected chi connectivity index (χ4v) is 4.20. The van der Waals surface area contributed by atoms with Crippen LogP contribution in [-0.2, 0) is 26.0 Å². The molecule has 0 aliphatic carbocycles. The lowest BCUT2D eigenvalue weighted by molar-refractivity contribution is 0.0600. The number of benzene rings is 2. The van der Waals surface area contributed by atoms with Gasteiger partial charge in [-0.05, 0) is 42.0 Å². The number of methoxy groups -OCH3 is 1. The highest BCUT2D eigenvalue weighted by Gasteiger charge is 2.21. The van der Waals surface area contributed by atoms with Crippen molar-refractivity contribution in [3.63, 3.8) is 0 Å². The van der Waals surface area contributed by atoms with Crippen LogP contribution in [0, 0.1) is 0 Å². The van der Waals surface area contributed by atoms with Gasteiger partial charge in [0.1, 0.15) is 0 Å². The lowest BCUT2D eigenvalue weighted by Crippen LogP contribution is -2.36. The van der Waals surface area contributed by atoms with Crippen molar-refractivity contribution in [3.8, 4) is 0 Å². The van der Waals surface area contributed by atoms with Crippen LogP contribution in [0.25, 0.3) is 0 Å². The molecule has 0 amide bonds. The summed E-state index contributed by atoms with van der Waals surface area (Å²) >= 11 is 0. The highest BCUT2D eigenvalue weighted by Crippen LogP contribution is 2.20. The largest absolute Gasteiger partial charge is 0.465 e. The SMILES string of the molecule is COC(=O)c1ccc(S(=O)(=O)N(C)Cc2ccc(N3CCOCC3)cc2)cc1. The fraction of sp³-hybridized carbons (Fsp3) is 0.350. The zero-order valence-corrected chi connectivity index (χ0v) is 16.8. The highest BCUT2D eigenvalue weighted by atomic mass is 32.2. The van der Waals surface area contributed by atoms with Gasteiger partial charge in [-0.2, -0.15) is 4.31 Å². The third-order valence-electron chi connectivity index (χ3n) is 4.70. The average molecular weight is 404 g/mol. The molecule has 0 N–H and O–H groups in total. The Morgan fingerprint density at radius 3 is 2.25 bits per heavy atom. The van der Waals surface area contributed by atoms with E-state index in [1.807, 2.05) is 24.3 Å². The van der Waals surface area contributed by atoms with E-state index >= 15 is 0 Å². The first-order valence-electron chi connectivity index (χ1n) is 8.98. The van der Waals surface area contributed by atoms with Gasteiger partial charge in [0.05, 0.1) is 30.8 Å². The minimum Gasteiger partial charge on any atom is -0.465 e. The number of carbonyl (C=O) groups is 1. The van der Waals surface area contributed by atoms with E-state index in [-0.39, 0.29) is 11.4 Å². The van der Waals surface area contributed by atoms with Gasteiger partial charge in [0.25, 0.3) is 0 Å². The first kappa shape index (κ1) is 20.3. The topological polar surface area (TPSA) is 76.2 Å². The standard InChI is InChI=1S/C20H24N2O5S/c1-21(28(24,25)19-9-5-17(6-10-19)20(23)26-2)15-16-3-7-18(8-4-16)22-11-13-27-14-12-22/h3-10H,11-15H2,1-2H3. The van der Waals surface area contributed by atoms with Crippen LogP contribution in [0.15, 0.2) is 53.4 Å². The molecule has 2 aromatic carbocycles. The zero-order valence-electron chi connectivity index (χ0n) is 16.0. The summed E-state index contributed by atoms with van der Waals surface area (Å²) in [7, 11) is -0.839. The van der Waals surface area contributed by atoms with Crippen molar-refractivity contribution in [1.82, 2.24) is 4.31 Å². The van der Waals surface area contributed by atoms with Gasteiger partial charge in [-0.3, -0.25) is 0 Å². The number of nitrogens with zero attached hydrogens (tertiary/aromatic N) is 2. The van der Waals surface area contributed by atoms with Crippen LogP contribution in [0.2, 0.25) is 0 Å². The first-order valence-corrected chi connectivity index (χ1v) is 10.4. The molecule has 3 rings (SSSR count). The van der Waals surface area contributed by atoms with Crippen molar-refractivity contribution in [2.24, 2.45) is 0 Å². The van der Waals surface area contributed by atoms with E-state index in [0.717, 1.165) is 37.6 Å². The van der Waals surface area contributed by atoms with E-state index in [1.165, 1.54) is 35.7 Å². The fourth-order valence-electron chi connectivity index (χ4n) is 3.04. The minimum atomic E-state index is -3.66. The minimum absolute atomic E-state index is 0.132. The number of rotatable bonds is 6. The van der Waals surface area contributed by atoms with Crippen molar-refractivity contribution in [2.75, 3.05) is 45.4 Å². The molecular formula is C20H24N2O5S. The zero-order chi connectivity index (χ0) is 20.1. The monoisotopic (exact) mass is 404 g/mol. The molecule has 28 heavy (non-hydrogen) atoms. The number of hydrogen-bond acceptors (Lipinski definition) is 6. The second-order valence-electron chi connectivity index (χ2n) is 6.54. The Morgan fingerprint density at radius 2 is 1.68 bits per heavy atom. The Hall–Kier alpha value is -2.42. The lowest BCUT2D eigenvalue weighted by atomic mass is 10.2. The van der Waals surface area contributed by atoms with Gasteiger partial charge in [-0.25, -0.2) is 13.2 Å². The van der Waals surface area contributed by atoms with Crippen molar-refractivity contribution in [1.29, 1.82) is 0 Å². The van der Waals surface area contributed by atoms with E-state index < -0.39 is 16.0 Å². The second-order valence-corrected chi connectivity index (χ2v) is 8.59. The Morgan fingerprint density at radius 1 is 1.07 bits per heavy atom. The van der Waals surface area contributed by atoms with Gasteiger partial charge in [-0.1, -0.05) is 12.1 Å². The van der Waals surface area contributed by atoms with Crippen LogP contribution < -0.4 is 4.90 Å². The van der Waals surface area contributed by atoms with E-state index in [0.29, 0.717) is 5.56 Å². The van der Waals surface area contributed by atoms with Crippen LogP contribution in [0.4, 0.5) is 5.69 Å². The molecule has 0 unspecified atom stereocenters. The third kappa shape index (κ3) is 4.52. The molecule has 1 aliphatic heterocycles. The van der Waals surface area contributed by atoms with E-state index in [9.17, 15) is 13.2 Å². The van der Waals surface area contributed by atoms with Crippen LogP contribution in [0.1, 0.15) is 15.9 Å². The Kier molecular flexibility index (Phi) is 6.33. The summed E-state index contributed by atoms with van der Waals surface area (Å²) < 4.78 is 36.9. The summed E-state index contributed by atoms with van der Waals surface area (Å²) in [6.45, 7) is 3.41. The predicted molar refractivity (Wildman–Crippen MR) is 106 cm³/mol. The first-order chi connectivity index (χ1) is 13.4. The van der Waals surface area contributed by atoms with Gasteiger partial charge in [0.2, 0.25) is 10.0 Å². The van der Waals surface area contributed by atoms with Gasteiger partial charge < -0.3 is 14.4 Å². The average Bonchev–Trinajstić information content (AvgIpc) is 2.74.